The smallest absolute Gasteiger partial charge is 0.355 e. The summed E-state index contributed by atoms with van der Waals surface area (Å²) < 4.78 is 78.3. The van der Waals surface area contributed by atoms with Crippen LogP contribution in [0.25, 0.3) is 21.7 Å². The molecule has 0 aliphatic carbocycles. The molecule has 4 atom stereocenters. The lowest BCUT2D eigenvalue weighted by Gasteiger charge is -2.35. The van der Waals surface area contributed by atoms with Gasteiger partial charge in [0.05, 0.1) is 40.7 Å². The second-order valence-electron chi connectivity index (χ2n) is 19.2. The molecule has 76 heavy (non-hydrogen) atoms. The van der Waals surface area contributed by atoms with Crippen molar-refractivity contribution in [3.8, 4) is 33.2 Å². The number of carbonyl (C=O) groups excluding carboxylic acids is 4. The number of nitrogens with zero attached hydrogens (tertiary/aromatic N) is 4. The number of amides is 4. The predicted molar refractivity (Wildman–Crippen MR) is 280 cm³/mol. The van der Waals surface area contributed by atoms with Crippen LogP contribution in [0.2, 0.25) is 0 Å². The third-order valence-corrected chi connectivity index (χ3v) is 14.4. The average molecular weight is 1090 g/mol. The number of carbonyl (C=O) groups is 4. The zero-order valence-corrected chi connectivity index (χ0v) is 43.9. The predicted octanol–water partition coefficient (Wildman–Crippen LogP) is 7.74. The van der Waals surface area contributed by atoms with Crippen LogP contribution in [-0.4, -0.2) is 99.3 Å². The maximum atomic E-state index is 14.1. The fraction of sp³-hybridized carbons (Fsp3) is 0.365. The molecule has 7 rings (SSSR count). The van der Waals surface area contributed by atoms with Crippen molar-refractivity contribution >= 4 is 62.3 Å². The van der Waals surface area contributed by atoms with E-state index >= 15 is 0 Å². The number of aromatic nitrogens is 4. The van der Waals surface area contributed by atoms with E-state index in [4.69, 9.17) is 15.2 Å². The minimum atomic E-state index is -5.12. The van der Waals surface area contributed by atoms with Gasteiger partial charge in [-0.15, -0.1) is 11.3 Å². The van der Waals surface area contributed by atoms with Crippen molar-refractivity contribution in [3.63, 3.8) is 0 Å². The van der Waals surface area contributed by atoms with Gasteiger partial charge in [0, 0.05) is 31.5 Å². The van der Waals surface area contributed by atoms with E-state index in [1.54, 1.807) is 35.9 Å². The van der Waals surface area contributed by atoms with Crippen molar-refractivity contribution in [2.45, 2.75) is 103 Å². The van der Waals surface area contributed by atoms with Gasteiger partial charge in [-0.05, 0) is 91.6 Å². The van der Waals surface area contributed by atoms with E-state index in [1.807, 2.05) is 56.7 Å². The molecule has 0 radical (unpaired) electrons. The number of likely N-dealkylation sites (tertiary alicyclic amines) is 1. The van der Waals surface area contributed by atoms with Crippen LogP contribution >= 0.6 is 11.3 Å². The van der Waals surface area contributed by atoms with Gasteiger partial charge in [0.2, 0.25) is 17.7 Å². The number of alkyl halides is 2. The number of ether oxygens (including phenoxy) is 2. The van der Waals surface area contributed by atoms with Gasteiger partial charge < -0.3 is 41.2 Å². The minimum absolute atomic E-state index is 0.00696. The summed E-state index contributed by atoms with van der Waals surface area (Å²) in [7, 11) is -5.12. The van der Waals surface area contributed by atoms with Crippen LogP contribution in [0.5, 0.6) is 11.5 Å². The minimum Gasteiger partial charge on any atom is -0.492 e. The number of aryl methyl sites for hydroxylation is 1. The van der Waals surface area contributed by atoms with Gasteiger partial charge in [0.25, 0.3) is 15.9 Å². The van der Waals surface area contributed by atoms with E-state index in [2.05, 4.69) is 36.1 Å². The van der Waals surface area contributed by atoms with Gasteiger partial charge in [-0.3, -0.25) is 29.0 Å². The quantitative estimate of drug-likeness (QED) is 0.0303. The van der Waals surface area contributed by atoms with Gasteiger partial charge in [-0.2, -0.15) is 13.9 Å². The number of nitrogens with one attached hydrogen (secondary N) is 5. The average Bonchev–Trinajstić information content (AvgIpc) is 4.13. The number of aromatic amines is 1. The first kappa shape index (κ1) is 56.2. The van der Waals surface area contributed by atoms with Gasteiger partial charge in [0.15, 0.2) is 0 Å². The molecule has 19 nitrogen and oxygen atoms in total. The Bertz CT molecular complexity index is 3120. The Hall–Kier alpha value is -7.57. The summed E-state index contributed by atoms with van der Waals surface area (Å²) in [5.74, 6) is -5.80. The summed E-state index contributed by atoms with van der Waals surface area (Å²) in [5.41, 5.74) is 9.94. The SMILES string of the molecule is Cc1ncsc1-c1ccc(CNC(=O)[C@@H]2C[C@@H](O)CN2C(=O)C(NC(=O)CCCCCOc2ccc(Nc3[nH]nc(-c4ccc(NS(=O)(=O)C(F)F)c(OC(C)c5ccc(F)cc5)c4)c3C(N)=O)nc2)C(C)(C)C)cc1. The number of aliphatic hydroxyl groups excluding tert-OH is 1. The summed E-state index contributed by atoms with van der Waals surface area (Å²) in [6.07, 6.45) is 1.64. The number of hydrogen-bond donors (Lipinski definition) is 7. The largest absolute Gasteiger partial charge is 0.492 e. The van der Waals surface area contributed by atoms with E-state index in [-0.39, 0.29) is 71.7 Å². The number of aliphatic hydroxyl groups is 1. The lowest BCUT2D eigenvalue weighted by atomic mass is 9.85. The monoisotopic (exact) mass is 1090 g/mol. The Kier molecular flexibility index (Phi) is 18.0. The topological polar surface area (TPSA) is 273 Å². The first-order valence-electron chi connectivity index (χ1n) is 24.2. The van der Waals surface area contributed by atoms with E-state index in [1.165, 1.54) is 47.5 Å². The third-order valence-electron chi connectivity index (χ3n) is 12.4. The fourth-order valence-corrected chi connectivity index (χ4v) is 9.73. The van der Waals surface area contributed by atoms with Crippen LogP contribution in [0.3, 0.4) is 0 Å². The summed E-state index contributed by atoms with van der Waals surface area (Å²) in [6.45, 7) is 9.50. The van der Waals surface area contributed by atoms with Crippen LogP contribution in [0.15, 0.2) is 90.6 Å². The Morgan fingerprint density at radius 1 is 0.974 bits per heavy atom. The molecule has 4 heterocycles. The second kappa shape index (κ2) is 24.4. The van der Waals surface area contributed by atoms with Gasteiger partial charge in [-0.1, -0.05) is 63.2 Å². The lowest BCUT2D eigenvalue weighted by molar-refractivity contribution is -0.144. The van der Waals surface area contributed by atoms with Gasteiger partial charge in [-0.25, -0.2) is 22.8 Å². The number of hydrogen-bond acceptors (Lipinski definition) is 14. The normalized spacial score (nSPS) is 15.5. The van der Waals surface area contributed by atoms with Crippen molar-refractivity contribution in [1.82, 2.24) is 35.7 Å². The van der Waals surface area contributed by atoms with E-state index in [9.17, 15) is 45.9 Å². The van der Waals surface area contributed by atoms with Crippen molar-refractivity contribution in [3.05, 3.63) is 119 Å². The Balaban J connectivity index is 0.887. The summed E-state index contributed by atoms with van der Waals surface area (Å²) in [4.78, 5) is 64.7. The first-order chi connectivity index (χ1) is 36.1. The van der Waals surface area contributed by atoms with Crippen molar-refractivity contribution in [1.29, 1.82) is 0 Å². The molecule has 24 heteroatoms. The van der Waals surface area contributed by atoms with Gasteiger partial charge in [0.1, 0.15) is 58.4 Å². The molecular weight excluding hydrogens is 1030 g/mol. The van der Waals surface area contributed by atoms with E-state index < -0.39 is 69.0 Å². The third kappa shape index (κ3) is 14.2. The number of β-amino-alcohol motifs (C(OH)–C–C–N with tert-alkyl or cyclic N) is 1. The molecule has 1 saturated heterocycles. The molecular formula is C52H59F3N10O9S2. The van der Waals surface area contributed by atoms with E-state index in [0.717, 1.165) is 27.8 Å². The Morgan fingerprint density at radius 3 is 2.34 bits per heavy atom. The summed E-state index contributed by atoms with van der Waals surface area (Å²) in [5, 5.41) is 26.3. The number of nitrogens with two attached hydrogens (primary N) is 1. The maximum Gasteiger partial charge on any atom is 0.355 e. The zero-order valence-electron chi connectivity index (χ0n) is 42.2. The van der Waals surface area contributed by atoms with Crippen LogP contribution in [-0.2, 0) is 31.0 Å². The number of rotatable bonds is 23. The Morgan fingerprint density at radius 2 is 1.70 bits per heavy atom. The number of halogens is 3. The molecule has 2 unspecified atom stereocenters. The number of sulfonamides is 1. The zero-order chi connectivity index (χ0) is 54.9. The molecule has 0 saturated carbocycles. The highest BCUT2D eigenvalue weighted by molar-refractivity contribution is 7.93. The highest BCUT2D eigenvalue weighted by atomic mass is 32.2. The van der Waals surface area contributed by atoms with Crippen molar-refractivity contribution in [2.75, 3.05) is 23.2 Å². The molecule has 8 N–H and O–H groups in total. The second-order valence-corrected chi connectivity index (χ2v) is 21.7. The summed E-state index contributed by atoms with van der Waals surface area (Å²) in [6, 6.07) is 18.2. The summed E-state index contributed by atoms with van der Waals surface area (Å²) >= 11 is 1.55. The van der Waals surface area contributed by atoms with Crippen LogP contribution in [0.1, 0.15) is 93.1 Å². The number of pyridine rings is 1. The number of anilines is 3. The molecule has 1 aliphatic rings. The lowest BCUT2D eigenvalue weighted by Crippen LogP contribution is -2.57. The number of benzene rings is 3. The molecule has 0 bridgehead atoms. The number of unbranched alkanes of at least 4 members (excludes halogenated alkanes) is 2. The van der Waals surface area contributed by atoms with Crippen LogP contribution in [0, 0.1) is 18.2 Å². The number of H-pyrrole nitrogens is 1. The van der Waals surface area contributed by atoms with Crippen LogP contribution in [0.4, 0.5) is 30.5 Å². The molecule has 1 aliphatic heterocycles. The highest BCUT2D eigenvalue weighted by Gasteiger charge is 2.44. The molecule has 6 aromatic rings. The van der Waals surface area contributed by atoms with Crippen molar-refractivity contribution in [2.24, 2.45) is 11.1 Å². The number of thiazole rings is 1. The standard InChI is InChI=1S/C52H59F3N10O9S2/c1-29-45(75-28-59-29)33-12-10-31(11-13-33)25-58-49(69)39-24-36(66)27-65(39)50(70)46(52(3,4)5)61-42(67)9-7-6-8-22-73-37-19-21-41(57-26-37)60-48-43(47(56)68)44(62-63-48)34-16-20-38(64-76(71,72)51(54)55)40(23-34)74-30(2)32-14-17-35(53)18-15-32/h10-21,23,26,28,30,36,39,46,51,64,66H,6-9,22,24-25,27H2,1-5H3,(H2,56,68)(H,58,69)(H,61,67)(H2,57,60,62,63)/t30?,36-,39+,46?/m1/s1. The van der Waals surface area contributed by atoms with E-state index in [0.29, 0.717) is 37.2 Å². The highest BCUT2D eigenvalue weighted by Crippen LogP contribution is 2.38. The molecule has 404 valence electrons. The van der Waals surface area contributed by atoms with Gasteiger partial charge >= 0.3 is 5.76 Å². The number of primary amides is 1. The van der Waals surface area contributed by atoms with Crippen LogP contribution < -0.4 is 35.9 Å². The Labute approximate surface area is 441 Å². The maximum absolute atomic E-state index is 14.1. The first-order valence-corrected chi connectivity index (χ1v) is 26.7. The molecule has 3 aromatic carbocycles. The molecule has 1 fully saturated rings. The van der Waals surface area contributed by atoms with Crippen molar-refractivity contribution < 1.29 is 55.3 Å². The molecule has 0 spiro atoms. The molecule has 4 amide bonds. The fourth-order valence-electron chi connectivity index (χ4n) is 8.36. The molecule has 3 aromatic heterocycles.